The minimum atomic E-state index is -1.52. The van der Waals surface area contributed by atoms with Crippen LogP contribution in [0.4, 0.5) is 5.88 Å². The van der Waals surface area contributed by atoms with Crippen LogP contribution in [-0.2, 0) is 9.59 Å². The third kappa shape index (κ3) is 3.52. The van der Waals surface area contributed by atoms with Crippen molar-refractivity contribution in [3.8, 4) is 0 Å². The van der Waals surface area contributed by atoms with Crippen LogP contribution in [0.3, 0.4) is 0 Å². The van der Waals surface area contributed by atoms with Crippen molar-refractivity contribution < 1.29 is 29.0 Å². The minimum absolute atomic E-state index is 0.000240. The van der Waals surface area contributed by atoms with Crippen LogP contribution in [0.1, 0.15) is 17.0 Å². The van der Waals surface area contributed by atoms with Crippen LogP contribution in [0, 0.1) is 0 Å². The van der Waals surface area contributed by atoms with Gasteiger partial charge in [0.25, 0.3) is 5.91 Å². The average Bonchev–Trinajstić information content (AvgIpc) is 2.63. The van der Waals surface area contributed by atoms with Gasteiger partial charge in [0.2, 0.25) is 0 Å². The average molecular weight is 242 g/mol. The number of aliphatic carboxylic acids is 2. The number of nitrogen functional groups attached to an aromatic ring is 1. The highest BCUT2D eigenvalue weighted by molar-refractivity contribution is 5.95. The van der Waals surface area contributed by atoms with Crippen molar-refractivity contribution >= 4 is 23.7 Å². The Labute approximate surface area is 95.0 Å². The van der Waals surface area contributed by atoms with Crippen molar-refractivity contribution in [1.29, 1.82) is 0 Å². The molecule has 0 fully saturated rings. The van der Waals surface area contributed by atoms with Crippen molar-refractivity contribution in [2.45, 2.75) is 12.5 Å². The first-order chi connectivity index (χ1) is 7.90. The van der Waals surface area contributed by atoms with Crippen molar-refractivity contribution in [3.05, 3.63) is 17.9 Å². The van der Waals surface area contributed by atoms with Crippen LogP contribution < -0.4 is 11.1 Å². The predicted octanol–water partition coefficient (Wildman–Crippen LogP) is -0.480. The number of nitrogens with one attached hydrogen (secondary N) is 1. The molecule has 1 heterocycles. The number of carboxylic acids is 2. The lowest BCUT2D eigenvalue weighted by Gasteiger charge is -2.10. The Kier molecular flexibility index (Phi) is 3.70. The summed E-state index contributed by atoms with van der Waals surface area (Å²) in [6.07, 6.45) is -0.725. The van der Waals surface area contributed by atoms with Gasteiger partial charge < -0.3 is 25.7 Å². The SMILES string of the molecule is Nc1ccc(C(=O)NC(CC(=O)O)C(=O)O)o1. The second kappa shape index (κ2) is 5.01. The molecule has 17 heavy (non-hydrogen) atoms. The van der Waals surface area contributed by atoms with Gasteiger partial charge in [0, 0.05) is 6.07 Å². The predicted molar refractivity (Wildman–Crippen MR) is 54.3 cm³/mol. The zero-order valence-corrected chi connectivity index (χ0v) is 8.54. The number of nitrogens with two attached hydrogens (primary N) is 1. The Bertz CT molecular complexity index is 452. The van der Waals surface area contributed by atoms with Crippen molar-refractivity contribution in [2.24, 2.45) is 0 Å². The number of hydrogen-bond acceptors (Lipinski definition) is 5. The lowest BCUT2D eigenvalue weighted by Crippen LogP contribution is -2.42. The standard InChI is InChI=1S/C9H10N2O6/c10-6-2-1-5(17-6)8(14)11-4(9(15)16)3-7(12)13/h1-2,4H,3,10H2,(H,11,14)(H,12,13)(H,15,16). The quantitative estimate of drug-likeness (QED) is 0.545. The van der Waals surface area contributed by atoms with E-state index in [4.69, 9.17) is 20.4 Å². The minimum Gasteiger partial charge on any atom is -0.481 e. The molecule has 92 valence electrons. The van der Waals surface area contributed by atoms with Gasteiger partial charge >= 0.3 is 11.9 Å². The first kappa shape index (κ1) is 12.6. The van der Waals surface area contributed by atoms with Gasteiger partial charge in [0.15, 0.2) is 11.6 Å². The number of carbonyl (C=O) groups is 3. The summed E-state index contributed by atoms with van der Waals surface area (Å²) in [5.41, 5.74) is 5.23. The Morgan fingerprint density at radius 2 is 2.00 bits per heavy atom. The number of amides is 1. The molecule has 5 N–H and O–H groups in total. The molecule has 0 aromatic carbocycles. The molecule has 0 aliphatic rings. The van der Waals surface area contributed by atoms with E-state index in [-0.39, 0.29) is 11.6 Å². The molecular formula is C9H10N2O6. The molecule has 1 rings (SSSR count). The summed E-state index contributed by atoms with van der Waals surface area (Å²) in [6.45, 7) is 0. The van der Waals surface area contributed by atoms with Crippen LogP contribution >= 0.6 is 0 Å². The van der Waals surface area contributed by atoms with Crippen LogP contribution in [0.25, 0.3) is 0 Å². The summed E-state index contributed by atoms with van der Waals surface area (Å²) < 4.78 is 4.76. The van der Waals surface area contributed by atoms with Crippen molar-refractivity contribution in [2.75, 3.05) is 5.73 Å². The molecule has 0 aliphatic carbocycles. The van der Waals surface area contributed by atoms with Crippen LogP contribution in [0.15, 0.2) is 16.5 Å². The van der Waals surface area contributed by atoms with Gasteiger partial charge in [-0.15, -0.1) is 0 Å². The molecule has 0 radical (unpaired) electrons. The van der Waals surface area contributed by atoms with E-state index in [9.17, 15) is 14.4 Å². The summed E-state index contributed by atoms with van der Waals surface area (Å²) in [7, 11) is 0. The number of furan rings is 1. The van der Waals surface area contributed by atoms with Gasteiger partial charge in [-0.2, -0.15) is 0 Å². The third-order valence-corrected chi connectivity index (χ3v) is 1.83. The third-order valence-electron chi connectivity index (χ3n) is 1.83. The molecule has 1 atom stereocenters. The molecule has 0 bridgehead atoms. The highest BCUT2D eigenvalue weighted by Gasteiger charge is 2.24. The highest BCUT2D eigenvalue weighted by atomic mass is 16.4. The fourth-order valence-electron chi connectivity index (χ4n) is 1.08. The summed E-state index contributed by atoms with van der Waals surface area (Å²) in [5, 5.41) is 19.2. The monoisotopic (exact) mass is 242 g/mol. The summed E-state index contributed by atoms with van der Waals surface area (Å²) in [6, 6.07) is 1.05. The fourth-order valence-corrected chi connectivity index (χ4v) is 1.08. The van der Waals surface area contributed by atoms with Crippen molar-refractivity contribution in [3.63, 3.8) is 0 Å². The smallest absolute Gasteiger partial charge is 0.326 e. The maximum atomic E-state index is 11.4. The molecule has 1 amide bonds. The Morgan fingerprint density at radius 3 is 2.41 bits per heavy atom. The van der Waals surface area contributed by atoms with E-state index in [0.29, 0.717) is 0 Å². The molecule has 0 aliphatic heterocycles. The van der Waals surface area contributed by atoms with E-state index in [1.165, 1.54) is 12.1 Å². The van der Waals surface area contributed by atoms with Gasteiger partial charge in [-0.25, -0.2) is 4.79 Å². The van der Waals surface area contributed by atoms with E-state index in [0.717, 1.165) is 0 Å². The number of anilines is 1. The zero-order chi connectivity index (χ0) is 13.0. The number of carboxylic acid groups (broad SMARTS) is 2. The molecule has 0 saturated heterocycles. The van der Waals surface area contributed by atoms with E-state index in [2.05, 4.69) is 0 Å². The maximum Gasteiger partial charge on any atom is 0.326 e. The fraction of sp³-hybridized carbons (Fsp3) is 0.222. The molecule has 1 unspecified atom stereocenters. The molecule has 1 aromatic heterocycles. The lowest BCUT2D eigenvalue weighted by atomic mass is 10.2. The number of carbonyl (C=O) groups excluding carboxylic acids is 1. The van der Waals surface area contributed by atoms with Crippen LogP contribution in [0.5, 0.6) is 0 Å². The Hall–Kier alpha value is -2.51. The van der Waals surface area contributed by atoms with E-state index >= 15 is 0 Å². The molecule has 1 aromatic rings. The van der Waals surface area contributed by atoms with Gasteiger partial charge in [0.05, 0.1) is 6.42 Å². The van der Waals surface area contributed by atoms with Crippen LogP contribution in [0.2, 0.25) is 0 Å². The first-order valence-electron chi connectivity index (χ1n) is 4.51. The summed E-state index contributed by atoms with van der Waals surface area (Å²) in [5.74, 6) is -3.80. The van der Waals surface area contributed by atoms with Gasteiger partial charge in [-0.3, -0.25) is 9.59 Å². The second-order valence-corrected chi connectivity index (χ2v) is 3.16. The molecule has 0 spiro atoms. The molecule has 8 nitrogen and oxygen atoms in total. The topological polar surface area (TPSA) is 143 Å². The maximum absolute atomic E-state index is 11.4. The summed E-state index contributed by atoms with van der Waals surface area (Å²) >= 11 is 0. The second-order valence-electron chi connectivity index (χ2n) is 3.16. The number of rotatable bonds is 5. The largest absolute Gasteiger partial charge is 0.481 e. The lowest BCUT2D eigenvalue weighted by molar-refractivity contribution is -0.145. The molecule has 0 saturated carbocycles. The molecule has 8 heteroatoms. The van der Waals surface area contributed by atoms with E-state index in [1.807, 2.05) is 5.32 Å². The highest BCUT2D eigenvalue weighted by Crippen LogP contribution is 2.09. The normalized spacial score (nSPS) is 11.8. The Morgan fingerprint density at radius 1 is 1.35 bits per heavy atom. The van der Waals surface area contributed by atoms with E-state index < -0.39 is 30.3 Å². The van der Waals surface area contributed by atoms with Crippen molar-refractivity contribution in [1.82, 2.24) is 5.32 Å². The van der Waals surface area contributed by atoms with Gasteiger partial charge in [-0.1, -0.05) is 0 Å². The van der Waals surface area contributed by atoms with Gasteiger partial charge in [-0.05, 0) is 6.07 Å². The molecular weight excluding hydrogens is 232 g/mol. The van der Waals surface area contributed by atoms with Crippen LogP contribution in [-0.4, -0.2) is 34.1 Å². The zero-order valence-electron chi connectivity index (χ0n) is 8.54. The van der Waals surface area contributed by atoms with Gasteiger partial charge in [0.1, 0.15) is 6.04 Å². The number of hydrogen-bond donors (Lipinski definition) is 4. The summed E-state index contributed by atoms with van der Waals surface area (Å²) in [4.78, 5) is 32.5. The van der Waals surface area contributed by atoms with E-state index in [1.54, 1.807) is 0 Å². The first-order valence-corrected chi connectivity index (χ1v) is 4.51. The Balaban J connectivity index is 2.70.